The largest absolute Gasteiger partial charge is 0.497 e. The van der Waals surface area contributed by atoms with Gasteiger partial charge in [-0.3, -0.25) is 9.59 Å². The summed E-state index contributed by atoms with van der Waals surface area (Å²) >= 11 is 1.35. The number of nitrogens with zero attached hydrogens (tertiary/aromatic N) is 2. The quantitative estimate of drug-likeness (QED) is 0.571. The molecular formula is C30H31N3O3S. The van der Waals surface area contributed by atoms with Gasteiger partial charge >= 0.3 is 0 Å². The van der Waals surface area contributed by atoms with Crippen LogP contribution >= 0.6 is 11.8 Å². The maximum atomic E-state index is 13.4. The standard InChI is InChI=1S/C30H31N3O3S/c1-18-13-20-7-5-6-8-24(20)33(18)26(35)17-37-29-22(16-31)27(19-9-11-21(36-4)12-10-19)28-23(32-29)14-30(2,3)15-25(28)34/h5-12,18,27,32H,13-15,17H2,1-4H3. The number of hydrogen-bond acceptors (Lipinski definition) is 6. The molecule has 190 valence electrons. The molecule has 0 fully saturated rings. The highest BCUT2D eigenvalue weighted by Crippen LogP contribution is 2.48. The number of allylic oxidation sites excluding steroid dienone is 3. The molecule has 2 unspecified atom stereocenters. The predicted octanol–water partition coefficient (Wildman–Crippen LogP) is 5.47. The Labute approximate surface area is 222 Å². The Bertz CT molecular complexity index is 1370. The zero-order valence-corrected chi connectivity index (χ0v) is 22.4. The van der Waals surface area contributed by atoms with Crippen LogP contribution in [-0.4, -0.2) is 30.6 Å². The van der Waals surface area contributed by atoms with Gasteiger partial charge in [0.25, 0.3) is 0 Å². The minimum atomic E-state index is -0.472. The summed E-state index contributed by atoms with van der Waals surface area (Å²) in [7, 11) is 1.61. The number of dihydropyridines is 1. The van der Waals surface area contributed by atoms with E-state index in [0.717, 1.165) is 23.4 Å². The zero-order chi connectivity index (χ0) is 26.3. The van der Waals surface area contributed by atoms with Crippen LogP contribution in [-0.2, 0) is 16.0 Å². The van der Waals surface area contributed by atoms with Crippen molar-refractivity contribution in [2.24, 2.45) is 5.41 Å². The number of anilines is 1. The van der Waals surface area contributed by atoms with Crippen LogP contribution in [0, 0.1) is 16.7 Å². The highest BCUT2D eigenvalue weighted by molar-refractivity contribution is 8.03. The molecule has 1 aliphatic carbocycles. The van der Waals surface area contributed by atoms with Gasteiger partial charge in [0.2, 0.25) is 5.91 Å². The van der Waals surface area contributed by atoms with Crippen LogP contribution in [0.2, 0.25) is 0 Å². The number of nitrogens with one attached hydrogen (secondary N) is 1. The SMILES string of the molecule is COc1ccc(C2C(C#N)=C(SCC(=O)N3c4ccccc4CC3C)NC3=C2C(=O)CC(C)(C)C3)cc1. The molecular weight excluding hydrogens is 482 g/mol. The lowest BCUT2D eigenvalue weighted by Gasteiger charge is -2.39. The number of nitriles is 1. The summed E-state index contributed by atoms with van der Waals surface area (Å²) in [5, 5.41) is 14.4. The van der Waals surface area contributed by atoms with Crippen LogP contribution in [0.25, 0.3) is 0 Å². The number of benzene rings is 2. The monoisotopic (exact) mass is 513 g/mol. The first-order valence-corrected chi connectivity index (χ1v) is 13.5. The third kappa shape index (κ3) is 4.67. The van der Waals surface area contributed by atoms with Gasteiger partial charge in [0, 0.05) is 29.4 Å². The molecule has 2 aromatic carbocycles. The molecule has 7 heteroatoms. The van der Waals surface area contributed by atoms with Crippen LogP contribution < -0.4 is 15.0 Å². The van der Waals surface area contributed by atoms with E-state index in [-0.39, 0.29) is 28.9 Å². The fraction of sp³-hybridized carbons (Fsp3) is 0.367. The maximum absolute atomic E-state index is 13.4. The fourth-order valence-electron chi connectivity index (χ4n) is 5.77. The molecule has 2 atom stereocenters. The van der Waals surface area contributed by atoms with E-state index in [2.05, 4.69) is 38.2 Å². The first kappa shape index (κ1) is 25.2. The molecule has 3 aliphatic rings. The summed E-state index contributed by atoms with van der Waals surface area (Å²) in [6, 6.07) is 18.0. The number of rotatable bonds is 5. The number of methoxy groups -OCH3 is 1. The fourth-order valence-corrected chi connectivity index (χ4v) is 6.69. The van der Waals surface area contributed by atoms with Gasteiger partial charge in [-0.1, -0.05) is 55.9 Å². The molecule has 1 N–H and O–H groups in total. The average Bonchev–Trinajstić information content (AvgIpc) is 3.21. The van der Waals surface area contributed by atoms with Crippen molar-refractivity contribution >= 4 is 29.1 Å². The summed E-state index contributed by atoms with van der Waals surface area (Å²) in [6.45, 7) is 6.24. The van der Waals surface area contributed by atoms with Gasteiger partial charge in [-0.25, -0.2) is 0 Å². The van der Waals surface area contributed by atoms with Crippen molar-refractivity contribution in [3.05, 3.63) is 81.5 Å². The topological polar surface area (TPSA) is 82.4 Å². The van der Waals surface area contributed by atoms with Crippen molar-refractivity contribution in [2.75, 3.05) is 17.8 Å². The Balaban J connectivity index is 1.48. The van der Waals surface area contributed by atoms with Gasteiger partial charge in [-0.2, -0.15) is 5.26 Å². The molecule has 0 aromatic heterocycles. The van der Waals surface area contributed by atoms with E-state index in [4.69, 9.17) is 4.74 Å². The molecule has 0 radical (unpaired) electrons. The molecule has 0 spiro atoms. The Morgan fingerprint density at radius 3 is 2.62 bits per heavy atom. The minimum Gasteiger partial charge on any atom is -0.497 e. The maximum Gasteiger partial charge on any atom is 0.237 e. The second-order valence-electron chi connectivity index (χ2n) is 10.8. The number of amides is 1. The highest BCUT2D eigenvalue weighted by atomic mass is 32.2. The van der Waals surface area contributed by atoms with Crippen LogP contribution in [0.1, 0.15) is 50.7 Å². The van der Waals surface area contributed by atoms with E-state index in [1.165, 1.54) is 17.3 Å². The number of carbonyl (C=O) groups excluding carboxylic acids is 2. The molecule has 2 aromatic rings. The first-order chi connectivity index (χ1) is 17.7. The van der Waals surface area contributed by atoms with Gasteiger partial charge in [0.1, 0.15) is 5.75 Å². The Morgan fingerprint density at radius 2 is 1.92 bits per heavy atom. The van der Waals surface area contributed by atoms with Gasteiger partial charge in [0.05, 0.1) is 35.5 Å². The summed E-state index contributed by atoms with van der Waals surface area (Å²) in [6.07, 6.45) is 1.98. The van der Waals surface area contributed by atoms with Gasteiger partial charge in [0.15, 0.2) is 5.78 Å². The normalized spacial score (nSPS) is 22.2. The van der Waals surface area contributed by atoms with Crippen LogP contribution in [0.4, 0.5) is 5.69 Å². The van der Waals surface area contributed by atoms with E-state index in [1.54, 1.807) is 7.11 Å². The predicted molar refractivity (Wildman–Crippen MR) is 146 cm³/mol. The van der Waals surface area contributed by atoms with Gasteiger partial charge < -0.3 is 15.0 Å². The van der Waals surface area contributed by atoms with Crippen molar-refractivity contribution in [3.8, 4) is 11.8 Å². The van der Waals surface area contributed by atoms with E-state index in [9.17, 15) is 14.9 Å². The lowest BCUT2D eigenvalue weighted by molar-refractivity contribution is -0.118. The first-order valence-electron chi connectivity index (χ1n) is 12.6. The molecule has 2 aliphatic heterocycles. The molecule has 0 saturated carbocycles. The number of thioether (sulfide) groups is 1. The van der Waals surface area contributed by atoms with E-state index < -0.39 is 5.92 Å². The summed E-state index contributed by atoms with van der Waals surface area (Å²) in [5.74, 6) is 0.511. The van der Waals surface area contributed by atoms with Crippen molar-refractivity contribution < 1.29 is 14.3 Å². The molecule has 37 heavy (non-hydrogen) atoms. The Kier molecular flexibility index (Phi) is 6.63. The molecule has 1 amide bonds. The molecule has 2 heterocycles. The Morgan fingerprint density at radius 1 is 1.19 bits per heavy atom. The van der Waals surface area contributed by atoms with Gasteiger partial charge in [-0.05, 0) is 54.5 Å². The second kappa shape index (κ2) is 9.75. The van der Waals surface area contributed by atoms with E-state index in [0.29, 0.717) is 34.8 Å². The molecule has 5 rings (SSSR count). The van der Waals surface area contributed by atoms with Gasteiger partial charge in [-0.15, -0.1) is 0 Å². The van der Waals surface area contributed by atoms with Crippen molar-refractivity contribution in [2.45, 2.75) is 52.0 Å². The zero-order valence-electron chi connectivity index (χ0n) is 21.6. The third-order valence-corrected chi connectivity index (χ3v) is 8.39. The van der Waals surface area contributed by atoms with Crippen LogP contribution in [0.15, 0.2) is 70.4 Å². The lowest BCUT2D eigenvalue weighted by Crippen LogP contribution is -2.38. The number of para-hydroxylation sites is 1. The van der Waals surface area contributed by atoms with E-state index in [1.807, 2.05) is 47.4 Å². The van der Waals surface area contributed by atoms with Crippen LogP contribution in [0.3, 0.4) is 0 Å². The minimum absolute atomic E-state index is 0.00913. The Hall–Kier alpha value is -3.50. The number of ether oxygens (including phenoxy) is 1. The smallest absolute Gasteiger partial charge is 0.237 e. The lowest BCUT2D eigenvalue weighted by atomic mass is 9.69. The highest BCUT2D eigenvalue weighted by Gasteiger charge is 2.42. The third-order valence-electron chi connectivity index (χ3n) is 7.39. The number of carbonyl (C=O) groups is 2. The average molecular weight is 514 g/mol. The molecule has 0 saturated heterocycles. The van der Waals surface area contributed by atoms with Crippen molar-refractivity contribution in [1.29, 1.82) is 5.26 Å². The van der Waals surface area contributed by atoms with E-state index >= 15 is 0 Å². The number of ketones is 1. The number of Topliss-reactive ketones (excluding diaryl/α,β-unsaturated/α-hetero) is 1. The van der Waals surface area contributed by atoms with Crippen molar-refractivity contribution in [1.82, 2.24) is 5.32 Å². The van der Waals surface area contributed by atoms with Crippen molar-refractivity contribution in [3.63, 3.8) is 0 Å². The summed E-state index contributed by atoms with van der Waals surface area (Å²) in [5.41, 5.74) is 4.83. The summed E-state index contributed by atoms with van der Waals surface area (Å²) < 4.78 is 5.32. The second-order valence-corrected chi connectivity index (χ2v) is 11.7. The number of hydrogen-bond donors (Lipinski definition) is 1. The molecule has 6 nitrogen and oxygen atoms in total. The molecule has 0 bridgehead atoms. The number of fused-ring (bicyclic) bond motifs is 1. The van der Waals surface area contributed by atoms with Crippen LogP contribution in [0.5, 0.6) is 5.75 Å². The summed E-state index contributed by atoms with van der Waals surface area (Å²) in [4.78, 5) is 28.7.